The third-order valence-electron chi connectivity index (χ3n) is 4.04. The number of ether oxygens (including phenoxy) is 1. The summed E-state index contributed by atoms with van der Waals surface area (Å²) in [4.78, 5) is 29.0. The molecule has 3 aromatic heterocycles. The first kappa shape index (κ1) is 16.8. The number of nitrogens with one attached hydrogen (secondary N) is 3. The summed E-state index contributed by atoms with van der Waals surface area (Å²) in [7, 11) is 0. The van der Waals surface area contributed by atoms with Crippen molar-refractivity contribution in [1.29, 1.82) is 0 Å². The Balaban J connectivity index is 1.68. The molecule has 4 rings (SSSR count). The number of imidazole rings is 1. The first-order valence-electron chi connectivity index (χ1n) is 8.59. The van der Waals surface area contributed by atoms with Crippen LogP contribution in [0.2, 0.25) is 0 Å². The van der Waals surface area contributed by atoms with Gasteiger partial charge in [-0.25, -0.2) is 9.97 Å². The van der Waals surface area contributed by atoms with Crippen molar-refractivity contribution in [1.82, 2.24) is 30.6 Å². The molecule has 0 aliphatic carbocycles. The van der Waals surface area contributed by atoms with Gasteiger partial charge in [-0.2, -0.15) is 0 Å². The molecule has 3 aromatic rings. The molecule has 0 unspecified atom stereocenters. The maximum absolute atomic E-state index is 12.9. The fourth-order valence-electron chi connectivity index (χ4n) is 2.81. The third-order valence-corrected chi connectivity index (χ3v) is 4.04. The van der Waals surface area contributed by atoms with Crippen LogP contribution < -0.4 is 10.6 Å². The largest absolute Gasteiger partial charge is 0.492 e. The smallest absolute Gasteiger partial charge is 0.257 e. The van der Waals surface area contributed by atoms with Crippen molar-refractivity contribution < 1.29 is 9.53 Å². The van der Waals surface area contributed by atoms with Crippen molar-refractivity contribution in [3.8, 4) is 11.5 Å². The number of carbonyl (C=O) groups excluding carboxylic acids is 1. The molecule has 0 atom stereocenters. The van der Waals surface area contributed by atoms with Gasteiger partial charge in [0, 0.05) is 18.6 Å². The molecule has 8 heteroatoms. The first-order valence-corrected chi connectivity index (χ1v) is 8.59. The van der Waals surface area contributed by atoms with Gasteiger partial charge in [0.15, 0.2) is 11.5 Å². The van der Waals surface area contributed by atoms with Gasteiger partial charge in [0.1, 0.15) is 11.5 Å². The number of fused-ring (bicyclic) bond motifs is 1. The molecule has 1 aliphatic heterocycles. The Bertz CT molecular complexity index is 1040. The molecule has 0 fully saturated rings. The minimum atomic E-state index is -0.261. The second kappa shape index (κ2) is 7.28. The van der Waals surface area contributed by atoms with Crippen molar-refractivity contribution in [2.24, 2.45) is 0 Å². The molecule has 27 heavy (non-hydrogen) atoms. The van der Waals surface area contributed by atoms with Crippen LogP contribution in [0.1, 0.15) is 17.3 Å². The van der Waals surface area contributed by atoms with Gasteiger partial charge in [-0.3, -0.25) is 9.78 Å². The molecule has 0 saturated heterocycles. The Hall–Kier alpha value is -3.68. The maximum Gasteiger partial charge on any atom is 0.257 e. The van der Waals surface area contributed by atoms with E-state index in [0.29, 0.717) is 52.9 Å². The number of dihydropyridines is 1. The number of amides is 1. The lowest BCUT2D eigenvalue weighted by Gasteiger charge is -2.18. The predicted molar refractivity (Wildman–Crippen MR) is 100 cm³/mol. The summed E-state index contributed by atoms with van der Waals surface area (Å²) in [6.45, 7) is 2.90. The zero-order chi connectivity index (χ0) is 18.6. The van der Waals surface area contributed by atoms with E-state index < -0.39 is 0 Å². The van der Waals surface area contributed by atoms with Crippen molar-refractivity contribution >= 4 is 17.1 Å². The number of aromatic nitrogens is 4. The number of hydrogen-bond acceptors (Lipinski definition) is 6. The lowest BCUT2D eigenvalue weighted by Crippen LogP contribution is -2.31. The molecular weight excluding hydrogens is 344 g/mol. The number of pyridine rings is 2. The summed E-state index contributed by atoms with van der Waals surface area (Å²) in [5.74, 6) is 0.950. The van der Waals surface area contributed by atoms with Crippen LogP contribution in [0, 0.1) is 0 Å². The standard InChI is InChI=1S/C19H18N6O2/c1-2-27-15-7-9-20-11-14(15)23-19(26)12-6-10-22-18-16(12)24-17(25-18)13-5-3-4-8-21-13/h3-10,20H,2,11H2,1H3,(H,23,26)(H,22,24,25). The molecule has 0 bridgehead atoms. The number of H-pyrrole nitrogens is 1. The minimum absolute atomic E-state index is 0.261. The Morgan fingerprint density at radius 3 is 3.00 bits per heavy atom. The van der Waals surface area contributed by atoms with E-state index in [4.69, 9.17) is 4.74 Å². The van der Waals surface area contributed by atoms with Crippen LogP contribution in [0.15, 0.2) is 60.4 Å². The van der Waals surface area contributed by atoms with E-state index in [1.807, 2.05) is 25.1 Å². The van der Waals surface area contributed by atoms with E-state index in [2.05, 4.69) is 30.6 Å². The van der Waals surface area contributed by atoms with Crippen LogP contribution in [0.5, 0.6) is 0 Å². The Labute approximate surface area is 155 Å². The highest BCUT2D eigenvalue weighted by Crippen LogP contribution is 2.20. The zero-order valence-electron chi connectivity index (χ0n) is 14.7. The van der Waals surface area contributed by atoms with E-state index >= 15 is 0 Å². The number of rotatable bonds is 5. The van der Waals surface area contributed by atoms with Crippen molar-refractivity contribution in [2.75, 3.05) is 13.2 Å². The van der Waals surface area contributed by atoms with Crippen molar-refractivity contribution in [3.05, 3.63) is 66.0 Å². The molecule has 3 N–H and O–H groups in total. The second-order valence-electron chi connectivity index (χ2n) is 5.80. The number of nitrogens with zero attached hydrogens (tertiary/aromatic N) is 3. The summed E-state index contributed by atoms with van der Waals surface area (Å²) in [5.41, 5.74) is 2.84. The van der Waals surface area contributed by atoms with Crippen LogP contribution in [-0.2, 0) is 4.74 Å². The van der Waals surface area contributed by atoms with Gasteiger partial charge >= 0.3 is 0 Å². The lowest BCUT2D eigenvalue weighted by atomic mass is 10.2. The number of aromatic amines is 1. The molecule has 0 saturated carbocycles. The summed E-state index contributed by atoms with van der Waals surface area (Å²) in [6, 6.07) is 7.21. The van der Waals surface area contributed by atoms with Gasteiger partial charge in [-0.15, -0.1) is 0 Å². The molecule has 0 aromatic carbocycles. The molecule has 0 spiro atoms. The van der Waals surface area contributed by atoms with E-state index in [1.54, 1.807) is 30.7 Å². The van der Waals surface area contributed by atoms with E-state index in [1.165, 1.54) is 0 Å². The average molecular weight is 362 g/mol. The average Bonchev–Trinajstić information content (AvgIpc) is 3.14. The predicted octanol–water partition coefficient (Wildman–Crippen LogP) is 2.11. The van der Waals surface area contributed by atoms with Gasteiger partial charge in [0.2, 0.25) is 0 Å². The minimum Gasteiger partial charge on any atom is -0.492 e. The molecule has 1 aliphatic rings. The summed E-state index contributed by atoms with van der Waals surface area (Å²) in [5, 5.41) is 5.99. The third kappa shape index (κ3) is 3.37. The molecule has 8 nitrogen and oxygen atoms in total. The van der Waals surface area contributed by atoms with Gasteiger partial charge in [-0.05, 0) is 31.2 Å². The SMILES string of the molecule is CCOC1=C(NC(=O)c2ccnc3nc(-c4ccccn4)[nH]c23)CNC=C1. The van der Waals surface area contributed by atoms with Gasteiger partial charge < -0.3 is 20.4 Å². The van der Waals surface area contributed by atoms with Gasteiger partial charge in [-0.1, -0.05) is 6.07 Å². The molecule has 4 heterocycles. The highest BCUT2D eigenvalue weighted by molar-refractivity contribution is 6.05. The summed E-state index contributed by atoms with van der Waals surface area (Å²) >= 11 is 0. The van der Waals surface area contributed by atoms with Crippen LogP contribution in [0.4, 0.5) is 0 Å². The molecular formula is C19H18N6O2. The van der Waals surface area contributed by atoms with Crippen LogP contribution in [0.3, 0.4) is 0 Å². The fourth-order valence-corrected chi connectivity index (χ4v) is 2.81. The second-order valence-corrected chi connectivity index (χ2v) is 5.80. The normalized spacial score (nSPS) is 13.5. The van der Waals surface area contributed by atoms with E-state index in [-0.39, 0.29) is 5.91 Å². The summed E-state index contributed by atoms with van der Waals surface area (Å²) < 4.78 is 5.58. The maximum atomic E-state index is 12.9. The van der Waals surface area contributed by atoms with E-state index in [0.717, 1.165) is 0 Å². The van der Waals surface area contributed by atoms with Crippen molar-refractivity contribution in [3.63, 3.8) is 0 Å². The van der Waals surface area contributed by atoms with Gasteiger partial charge in [0.25, 0.3) is 5.91 Å². The monoisotopic (exact) mass is 362 g/mol. The Kier molecular flexibility index (Phi) is 4.52. The van der Waals surface area contributed by atoms with Crippen LogP contribution >= 0.6 is 0 Å². The Morgan fingerprint density at radius 2 is 2.19 bits per heavy atom. The summed E-state index contributed by atoms with van der Waals surface area (Å²) in [6.07, 6.45) is 6.84. The number of carbonyl (C=O) groups is 1. The highest BCUT2D eigenvalue weighted by atomic mass is 16.5. The lowest BCUT2D eigenvalue weighted by molar-refractivity contribution is 0.0962. The highest BCUT2D eigenvalue weighted by Gasteiger charge is 2.18. The van der Waals surface area contributed by atoms with Crippen LogP contribution in [-0.4, -0.2) is 39.0 Å². The first-order chi connectivity index (χ1) is 13.3. The Morgan fingerprint density at radius 1 is 1.26 bits per heavy atom. The van der Waals surface area contributed by atoms with Crippen LogP contribution in [0.25, 0.3) is 22.7 Å². The quantitative estimate of drug-likeness (QED) is 0.642. The van der Waals surface area contributed by atoms with Crippen molar-refractivity contribution in [2.45, 2.75) is 6.92 Å². The zero-order valence-corrected chi connectivity index (χ0v) is 14.7. The fraction of sp³-hybridized carbons (Fsp3) is 0.158. The molecule has 0 radical (unpaired) electrons. The van der Waals surface area contributed by atoms with E-state index in [9.17, 15) is 4.79 Å². The number of hydrogen-bond donors (Lipinski definition) is 3. The molecule has 1 amide bonds. The molecule has 136 valence electrons. The number of allylic oxidation sites excluding steroid dienone is 1. The van der Waals surface area contributed by atoms with Gasteiger partial charge in [0.05, 0.1) is 29.9 Å². The topological polar surface area (TPSA) is 105 Å².